The Bertz CT molecular complexity index is 969. The van der Waals surface area contributed by atoms with Crippen LogP contribution in [0.25, 0.3) is 6.08 Å². The molecule has 4 atom stereocenters. The van der Waals surface area contributed by atoms with Crippen molar-refractivity contribution in [2.24, 2.45) is 17.8 Å². The number of carbonyl (C=O) groups excluding carboxylic acids is 2. The van der Waals surface area contributed by atoms with Gasteiger partial charge in [-0.3, -0.25) is 14.5 Å². The van der Waals surface area contributed by atoms with E-state index in [1.54, 1.807) is 0 Å². The van der Waals surface area contributed by atoms with Crippen molar-refractivity contribution in [2.45, 2.75) is 65.9 Å². The zero-order valence-electron chi connectivity index (χ0n) is 20.4. The van der Waals surface area contributed by atoms with Crippen LogP contribution in [0.5, 0.6) is 5.75 Å². The normalized spacial score (nSPS) is 24.5. The fourth-order valence-electron chi connectivity index (χ4n) is 5.59. The molecule has 180 valence electrons. The molecule has 2 amide bonds. The fraction of sp³-hybridized carbons (Fsp3) is 0.556. The number of benzene rings is 1. The molecule has 0 saturated carbocycles. The molecule has 2 aliphatic rings. The van der Waals surface area contributed by atoms with Crippen LogP contribution < -0.4 is 0 Å². The largest absolute Gasteiger partial charge is 0.507 e. The van der Waals surface area contributed by atoms with Crippen molar-refractivity contribution in [3.63, 3.8) is 0 Å². The summed E-state index contributed by atoms with van der Waals surface area (Å²) in [7, 11) is 1.50. The van der Waals surface area contributed by atoms with Crippen LogP contribution in [0.4, 0.5) is 0 Å². The third-order valence-electron chi connectivity index (χ3n) is 7.46. The van der Waals surface area contributed by atoms with E-state index in [4.69, 9.17) is 0 Å². The Kier molecular flexibility index (Phi) is 7.80. The molecule has 0 aromatic heterocycles. The summed E-state index contributed by atoms with van der Waals surface area (Å²) in [4.78, 5) is 26.5. The number of carbonyl (C=O) groups is 2. The highest BCUT2D eigenvalue weighted by Gasteiger charge is 2.53. The minimum atomic E-state index is -0.773. The van der Waals surface area contributed by atoms with E-state index in [2.05, 4.69) is 13.0 Å². The van der Waals surface area contributed by atoms with Gasteiger partial charge in [-0.15, -0.1) is 0 Å². The van der Waals surface area contributed by atoms with Crippen molar-refractivity contribution in [1.29, 1.82) is 0 Å². The van der Waals surface area contributed by atoms with E-state index >= 15 is 0 Å². The molecule has 1 aromatic rings. The van der Waals surface area contributed by atoms with Crippen molar-refractivity contribution < 1.29 is 24.9 Å². The molecule has 0 unspecified atom stereocenters. The number of hydrogen-bond acceptors (Lipinski definition) is 5. The highest BCUT2D eigenvalue weighted by molar-refractivity contribution is 6.05. The van der Waals surface area contributed by atoms with Gasteiger partial charge >= 0.3 is 0 Å². The predicted octanol–water partition coefficient (Wildman–Crippen LogP) is 3.89. The number of allylic oxidation sites excluding steroid dienone is 2. The second-order valence-electron chi connectivity index (χ2n) is 9.49. The molecular formula is C27H37NO5. The van der Waals surface area contributed by atoms with Gasteiger partial charge < -0.3 is 15.3 Å². The molecule has 1 fully saturated rings. The number of phenolic OH excluding ortho intramolecular Hbond substituents is 1. The molecule has 6 heteroatoms. The Balaban J connectivity index is 1.83. The highest BCUT2D eigenvalue weighted by atomic mass is 16.3. The molecule has 1 heterocycles. The molecular weight excluding hydrogens is 418 g/mol. The number of aryl methyl sites for hydroxylation is 2. The summed E-state index contributed by atoms with van der Waals surface area (Å²) >= 11 is 0. The lowest BCUT2D eigenvalue weighted by Crippen LogP contribution is -2.39. The fourth-order valence-corrected chi connectivity index (χ4v) is 5.59. The summed E-state index contributed by atoms with van der Waals surface area (Å²) in [6.07, 6.45) is 4.48. The van der Waals surface area contributed by atoms with Crippen LogP contribution in [0.15, 0.2) is 28.9 Å². The number of aromatic hydroxyl groups is 1. The first-order chi connectivity index (χ1) is 15.6. The van der Waals surface area contributed by atoms with Crippen LogP contribution in [0.1, 0.15) is 62.6 Å². The lowest BCUT2D eigenvalue weighted by Gasteiger charge is -2.36. The Morgan fingerprint density at radius 2 is 1.82 bits per heavy atom. The molecule has 1 saturated heterocycles. The zero-order chi connectivity index (χ0) is 24.4. The monoisotopic (exact) mass is 455 g/mol. The number of phenols is 1. The van der Waals surface area contributed by atoms with Crippen molar-refractivity contribution in [2.75, 3.05) is 13.7 Å². The molecule has 6 nitrogen and oxygen atoms in total. The number of hydrogen-bond donors (Lipinski definition) is 3. The number of imide groups is 1. The average molecular weight is 456 g/mol. The Morgan fingerprint density at radius 3 is 2.36 bits per heavy atom. The van der Waals surface area contributed by atoms with E-state index in [-0.39, 0.29) is 18.4 Å². The maximum Gasteiger partial charge on any atom is 0.233 e. The van der Waals surface area contributed by atoms with Gasteiger partial charge in [0.1, 0.15) is 5.75 Å². The SMILES string of the molecule is CCC1=C([C@H](O)CC/C(=C/c2cc(C)c(O)c(C)c2)CC)[C@H](CO)[C@@H]2C(=O)N(C)C(=O)[C@@H]2C1. The minimum Gasteiger partial charge on any atom is -0.507 e. The smallest absolute Gasteiger partial charge is 0.233 e. The van der Waals surface area contributed by atoms with Gasteiger partial charge in [0.05, 0.1) is 24.5 Å². The molecule has 1 aromatic carbocycles. The molecule has 0 bridgehead atoms. The molecule has 1 aliphatic carbocycles. The summed E-state index contributed by atoms with van der Waals surface area (Å²) in [5.41, 5.74) is 5.61. The minimum absolute atomic E-state index is 0.182. The van der Waals surface area contributed by atoms with Gasteiger partial charge in [-0.2, -0.15) is 0 Å². The van der Waals surface area contributed by atoms with E-state index < -0.39 is 23.9 Å². The van der Waals surface area contributed by atoms with Gasteiger partial charge in [-0.05, 0) is 80.3 Å². The number of rotatable bonds is 8. The molecule has 0 spiro atoms. The van der Waals surface area contributed by atoms with Crippen LogP contribution >= 0.6 is 0 Å². The molecule has 33 heavy (non-hydrogen) atoms. The standard InChI is InChI=1S/C27H37NO5/c1-6-17(12-18-10-15(3)25(31)16(4)11-18)8-9-22(30)23-19(7-2)13-20-24(21(23)14-29)27(33)28(5)26(20)32/h10-12,20-22,24,29-31H,6-9,13-14H2,1-5H3/b17-12+/t20-,21+,22-,24-/m1/s1. The highest BCUT2D eigenvalue weighted by Crippen LogP contribution is 2.46. The number of amides is 2. The zero-order valence-corrected chi connectivity index (χ0v) is 20.4. The maximum atomic E-state index is 12.7. The van der Waals surface area contributed by atoms with E-state index in [0.29, 0.717) is 31.4 Å². The number of likely N-dealkylation sites (tertiary alicyclic amines) is 1. The quantitative estimate of drug-likeness (QED) is 0.408. The first kappa shape index (κ1) is 25.2. The first-order valence-electron chi connectivity index (χ1n) is 12.0. The first-order valence-corrected chi connectivity index (χ1v) is 12.0. The molecule has 1 aliphatic heterocycles. The van der Waals surface area contributed by atoms with Crippen LogP contribution in [-0.4, -0.2) is 51.8 Å². The number of fused-ring (bicyclic) bond motifs is 1. The number of nitrogens with zero attached hydrogens (tertiary/aromatic N) is 1. The van der Waals surface area contributed by atoms with E-state index in [1.165, 1.54) is 17.5 Å². The van der Waals surface area contributed by atoms with Crippen LogP contribution in [0.3, 0.4) is 0 Å². The second-order valence-corrected chi connectivity index (χ2v) is 9.49. The van der Waals surface area contributed by atoms with Gasteiger partial charge in [0.25, 0.3) is 0 Å². The summed E-state index contributed by atoms with van der Waals surface area (Å²) in [5, 5.41) is 31.4. The third kappa shape index (κ3) is 4.78. The van der Waals surface area contributed by atoms with Crippen molar-refractivity contribution >= 4 is 17.9 Å². The third-order valence-corrected chi connectivity index (χ3v) is 7.46. The Labute approximate surface area is 196 Å². The predicted molar refractivity (Wildman–Crippen MR) is 128 cm³/mol. The number of aliphatic hydroxyl groups is 2. The summed E-state index contributed by atoms with van der Waals surface area (Å²) in [5.74, 6) is -1.66. The lowest BCUT2D eigenvalue weighted by molar-refractivity contribution is -0.138. The Hall–Kier alpha value is -2.44. The second kappa shape index (κ2) is 10.2. The van der Waals surface area contributed by atoms with E-state index in [1.807, 2.05) is 32.9 Å². The summed E-state index contributed by atoms with van der Waals surface area (Å²) in [6.45, 7) is 7.58. The Morgan fingerprint density at radius 1 is 1.18 bits per heavy atom. The molecule has 0 radical (unpaired) electrons. The summed E-state index contributed by atoms with van der Waals surface area (Å²) in [6, 6.07) is 3.91. The van der Waals surface area contributed by atoms with Gasteiger partial charge in [-0.1, -0.05) is 31.1 Å². The van der Waals surface area contributed by atoms with Gasteiger partial charge in [0.15, 0.2) is 0 Å². The van der Waals surface area contributed by atoms with Gasteiger partial charge in [0.2, 0.25) is 11.8 Å². The topological polar surface area (TPSA) is 98.1 Å². The van der Waals surface area contributed by atoms with Crippen LogP contribution in [-0.2, 0) is 9.59 Å². The average Bonchev–Trinajstić information content (AvgIpc) is 3.02. The van der Waals surface area contributed by atoms with E-state index in [0.717, 1.165) is 34.3 Å². The van der Waals surface area contributed by atoms with Crippen molar-refractivity contribution in [3.05, 3.63) is 45.5 Å². The van der Waals surface area contributed by atoms with Crippen molar-refractivity contribution in [3.8, 4) is 5.75 Å². The maximum absolute atomic E-state index is 12.7. The lowest BCUT2D eigenvalue weighted by atomic mass is 9.67. The van der Waals surface area contributed by atoms with Gasteiger partial charge in [-0.25, -0.2) is 0 Å². The molecule has 3 rings (SSSR count). The molecule has 3 N–H and O–H groups in total. The van der Waals surface area contributed by atoms with Crippen molar-refractivity contribution in [1.82, 2.24) is 4.90 Å². The van der Waals surface area contributed by atoms with E-state index in [9.17, 15) is 24.9 Å². The van der Waals surface area contributed by atoms with Crippen LogP contribution in [0.2, 0.25) is 0 Å². The van der Waals surface area contributed by atoms with Crippen LogP contribution in [0, 0.1) is 31.6 Å². The number of aliphatic hydroxyl groups excluding tert-OH is 2. The van der Waals surface area contributed by atoms with Gasteiger partial charge in [0, 0.05) is 13.0 Å². The summed E-state index contributed by atoms with van der Waals surface area (Å²) < 4.78 is 0.